The van der Waals surface area contributed by atoms with Crippen LogP contribution in [0.1, 0.15) is 27.9 Å². The number of amides is 3. The van der Waals surface area contributed by atoms with Crippen molar-refractivity contribution in [3.05, 3.63) is 71.3 Å². The first-order chi connectivity index (χ1) is 14.9. The summed E-state index contributed by atoms with van der Waals surface area (Å²) in [6.45, 7) is 4.04. The number of hydrogen-bond acceptors (Lipinski definition) is 3. The minimum Gasteiger partial charge on any atom is -0.322 e. The van der Waals surface area contributed by atoms with Crippen molar-refractivity contribution in [2.24, 2.45) is 35.5 Å². The molecule has 31 heavy (non-hydrogen) atoms. The highest BCUT2D eigenvalue weighted by atomic mass is 16.2. The van der Waals surface area contributed by atoms with Gasteiger partial charge in [0.05, 0.1) is 17.5 Å². The second-order valence-corrected chi connectivity index (χ2v) is 9.47. The summed E-state index contributed by atoms with van der Waals surface area (Å²) < 4.78 is 0. The number of nitrogens with one attached hydrogen (secondary N) is 1. The molecule has 156 valence electrons. The Morgan fingerprint density at radius 1 is 0.871 bits per heavy atom. The number of carbonyl (C=O) groups excluding carboxylic acids is 3. The van der Waals surface area contributed by atoms with Crippen molar-refractivity contribution < 1.29 is 14.4 Å². The lowest BCUT2D eigenvalue weighted by Crippen LogP contribution is -2.40. The van der Waals surface area contributed by atoms with E-state index in [0.717, 1.165) is 17.7 Å². The minimum atomic E-state index is -0.218. The number of nitrogens with zero attached hydrogens (tertiary/aromatic N) is 1. The molecule has 7 rings (SSSR count). The Balaban J connectivity index is 1.22. The maximum atomic E-state index is 13.2. The molecule has 0 unspecified atom stereocenters. The second kappa shape index (κ2) is 6.39. The van der Waals surface area contributed by atoms with Gasteiger partial charge in [-0.3, -0.25) is 19.3 Å². The van der Waals surface area contributed by atoms with E-state index in [1.54, 1.807) is 24.3 Å². The van der Waals surface area contributed by atoms with E-state index >= 15 is 0 Å². The first-order valence-electron chi connectivity index (χ1n) is 11.0. The summed E-state index contributed by atoms with van der Waals surface area (Å²) in [6.07, 6.45) is 5.50. The molecule has 5 aliphatic rings. The maximum absolute atomic E-state index is 13.2. The van der Waals surface area contributed by atoms with E-state index < -0.39 is 0 Å². The zero-order valence-electron chi connectivity index (χ0n) is 17.5. The van der Waals surface area contributed by atoms with Gasteiger partial charge in [0.15, 0.2) is 0 Å². The van der Waals surface area contributed by atoms with Crippen LogP contribution in [0.4, 0.5) is 11.4 Å². The summed E-state index contributed by atoms with van der Waals surface area (Å²) in [5.41, 5.74) is 4.07. The molecule has 3 fully saturated rings. The molecule has 4 aliphatic carbocycles. The summed E-state index contributed by atoms with van der Waals surface area (Å²) >= 11 is 0. The van der Waals surface area contributed by atoms with Gasteiger partial charge in [-0.25, -0.2) is 0 Å². The Morgan fingerprint density at radius 2 is 1.48 bits per heavy atom. The van der Waals surface area contributed by atoms with Gasteiger partial charge in [-0.05, 0) is 91.5 Å². The quantitative estimate of drug-likeness (QED) is 0.609. The SMILES string of the molecule is Cc1ccc(NC(=O)c2ccc(N3C(=O)[C@@H]4[C@H]5C=C[C@@H]([C@@H]6C[C@H]56)[C@H]4C3=O)cc2)cc1C. The molecule has 2 saturated carbocycles. The molecule has 3 amide bonds. The van der Waals surface area contributed by atoms with Crippen LogP contribution < -0.4 is 10.2 Å². The highest BCUT2D eigenvalue weighted by molar-refractivity contribution is 6.22. The Morgan fingerprint density at radius 3 is 2.06 bits per heavy atom. The van der Waals surface area contributed by atoms with Crippen LogP contribution in [0.5, 0.6) is 0 Å². The standard InChI is InChI=1S/C26H24N2O3/c1-13-3-6-16(11-14(13)2)27-24(29)15-4-7-17(8-5-15)28-25(30)22-18-9-10-19(21-12-20(18)21)23(22)26(28)31/h3-11,18-23H,12H2,1-2H3,(H,27,29)/t18-,19-,20-,21+,22+,23+/m0/s1. The molecule has 2 aromatic carbocycles. The van der Waals surface area contributed by atoms with Crippen molar-refractivity contribution in [2.45, 2.75) is 20.3 Å². The van der Waals surface area contributed by atoms with Crippen LogP contribution in [0.3, 0.4) is 0 Å². The summed E-state index contributed by atoms with van der Waals surface area (Å²) in [7, 11) is 0. The van der Waals surface area contributed by atoms with Gasteiger partial charge in [-0.15, -0.1) is 0 Å². The lowest BCUT2D eigenvalue weighted by Gasteiger charge is -2.37. The van der Waals surface area contributed by atoms with Crippen molar-refractivity contribution in [1.29, 1.82) is 0 Å². The van der Waals surface area contributed by atoms with E-state index in [9.17, 15) is 14.4 Å². The zero-order valence-corrected chi connectivity index (χ0v) is 17.5. The van der Waals surface area contributed by atoms with Crippen LogP contribution in [-0.4, -0.2) is 17.7 Å². The van der Waals surface area contributed by atoms with Crippen molar-refractivity contribution in [2.75, 3.05) is 10.2 Å². The molecule has 0 aromatic heterocycles. The van der Waals surface area contributed by atoms with Crippen molar-refractivity contribution in [3.8, 4) is 0 Å². The lowest BCUT2D eigenvalue weighted by molar-refractivity contribution is -0.124. The van der Waals surface area contributed by atoms with Crippen molar-refractivity contribution in [1.82, 2.24) is 0 Å². The van der Waals surface area contributed by atoms with Gasteiger partial charge in [0.2, 0.25) is 11.8 Å². The van der Waals surface area contributed by atoms with Gasteiger partial charge in [0.25, 0.3) is 5.91 Å². The molecule has 5 heteroatoms. The number of benzene rings is 2. The van der Waals surface area contributed by atoms with Crippen LogP contribution in [0.15, 0.2) is 54.6 Å². The summed E-state index contributed by atoms with van der Waals surface area (Å²) in [6, 6.07) is 12.6. The number of rotatable bonds is 3. The summed E-state index contributed by atoms with van der Waals surface area (Å²) in [4.78, 5) is 40.4. The number of imide groups is 1. The van der Waals surface area contributed by atoms with Gasteiger partial charge >= 0.3 is 0 Å². The smallest absolute Gasteiger partial charge is 0.255 e. The van der Waals surface area contributed by atoms with E-state index in [1.807, 2.05) is 32.0 Å². The Bertz CT molecular complexity index is 1130. The third-order valence-electron chi connectivity index (χ3n) is 7.82. The molecular formula is C26H24N2O3. The van der Waals surface area contributed by atoms with Crippen molar-refractivity contribution in [3.63, 3.8) is 0 Å². The molecular weight excluding hydrogens is 388 g/mol. The van der Waals surface area contributed by atoms with Crippen LogP contribution in [0, 0.1) is 49.4 Å². The van der Waals surface area contributed by atoms with E-state index in [0.29, 0.717) is 23.1 Å². The molecule has 2 aromatic rings. The maximum Gasteiger partial charge on any atom is 0.255 e. The minimum absolute atomic E-state index is 0.0768. The molecule has 6 atom stereocenters. The molecule has 2 bridgehead atoms. The number of aryl methyl sites for hydroxylation is 2. The fraction of sp³-hybridized carbons (Fsp3) is 0.346. The highest BCUT2D eigenvalue weighted by Crippen LogP contribution is 2.65. The summed E-state index contributed by atoms with van der Waals surface area (Å²) in [5, 5.41) is 2.91. The van der Waals surface area contributed by atoms with Crippen LogP contribution in [-0.2, 0) is 9.59 Å². The largest absolute Gasteiger partial charge is 0.322 e. The highest BCUT2D eigenvalue weighted by Gasteiger charge is 2.67. The predicted molar refractivity (Wildman–Crippen MR) is 118 cm³/mol. The molecule has 0 spiro atoms. The van der Waals surface area contributed by atoms with Crippen LogP contribution in [0.2, 0.25) is 0 Å². The van der Waals surface area contributed by atoms with Crippen molar-refractivity contribution >= 4 is 29.1 Å². The molecule has 0 radical (unpaired) electrons. The molecule has 1 aliphatic heterocycles. The predicted octanol–water partition coefficient (Wildman–Crippen LogP) is 4.11. The average Bonchev–Trinajstić information content (AvgIpc) is 3.54. The number of allylic oxidation sites excluding steroid dienone is 2. The van der Waals surface area contributed by atoms with Crippen LogP contribution >= 0.6 is 0 Å². The number of carbonyl (C=O) groups is 3. The normalized spacial score (nSPS) is 32.1. The third kappa shape index (κ3) is 2.65. The van der Waals surface area contributed by atoms with Gasteiger partial charge in [0.1, 0.15) is 0 Å². The first-order valence-corrected chi connectivity index (χ1v) is 11.0. The van der Waals surface area contributed by atoms with E-state index in [2.05, 4.69) is 17.5 Å². The van der Waals surface area contributed by atoms with Gasteiger partial charge in [-0.2, -0.15) is 0 Å². The fourth-order valence-corrected chi connectivity index (χ4v) is 6.00. The molecule has 5 nitrogen and oxygen atoms in total. The molecule has 1 N–H and O–H groups in total. The first kappa shape index (κ1) is 18.6. The Hall–Kier alpha value is -3.21. The fourth-order valence-electron chi connectivity index (χ4n) is 6.00. The van der Waals surface area contributed by atoms with Gasteiger partial charge in [0, 0.05) is 11.3 Å². The topological polar surface area (TPSA) is 66.5 Å². The monoisotopic (exact) mass is 412 g/mol. The Kier molecular flexibility index (Phi) is 3.83. The van der Waals surface area contributed by atoms with Gasteiger partial charge in [-0.1, -0.05) is 18.2 Å². The van der Waals surface area contributed by atoms with E-state index in [4.69, 9.17) is 0 Å². The lowest BCUT2D eigenvalue weighted by atomic mass is 9.63. The zero-order chi connectivity index (χ0) is 21.4. The summed E-state index contributed by atoms with van der Waals surface area (Å²) in [5.74, 6) is 0.810. The third-order valence-corrected chi connectivity index (χ3v) is 7.82. The molecule has 1 heterocycles. The number of anilines is 2. The van der Waals surface area contributed by atoms with Crippen LogP contribution in [0.25, 0.3) is 0 Å². The average molecular weight is 412 g/mol. The Labute approximate surface area is 181 Å². The van der Waals surface area contributed by atoms with E-state index in [-0.39, 0.29) is 41.4 Å². The molecule has 1 saturated heterocycles. The van der Waals surface area contributed by atoms with E-state index in [1.165, 1.54) is 10.5 Å². The second-order valence-electron chi connectivity index (χ2n) is 9.47. The van der Waals surface area contributed by atoms with Gasteiger partial charge < -0.3 is 5.32 Å². The number of hydrogen-bond donors (Lipinski definition) is 1.